The van der Waals surface area contributed by atoms with Crippen LogP contribution in [0.2, 0.25) is 0 Å². The van der Waals surface area contributed by atoms with E-state index in [4.69, 9.17) is 12.2 Å². The number of nitrogens with zero attached hydrogens (tertiary/aromatic N) is 1. The quantitative estimate of drug-likeness (QED) is 0.536. The molecular formula is C9H19N3OS. The monoisotopic (exact) mass is 217 g/mol. The van der Waals surface area contributed by atoms with Gasteiger partial charge in [0.25, 0.3) is 0 Å². The third-order valence-corrected chi connectivity index (χ3v) is 2.15. The lowest BCUT2D eigenvalue weighted by atomic mass is 9.99. The zero-order valence-corrected chi connectivity index (χ0v) is 10.3. The Morgan fingerprint density at radius 3 is 2.36 bits per heavy atom. The summed E-state index contributed by atoms with van der Waals surface area (Å²) in [5, 5.41) is 5.39. The fourth-order valence-corrected chi connectivity index (χ4v) is 1.51. The van der Waals surface area contributed by atoms with Gasteiger partial charge in [-0.05, 0) is 33.0 Å². The smallest absolute Gasteiger partial charge is 0.183 e. The van der Waals surface area contributed by atoms with Gasteiger partial charge in [0, 0.05) is 26.1 Å². The number of hydrogen-bond donors (Lipinski definition) is 2. The second kappa shape index (κ2) is 5.26. The average Bonchev–Trinajstić information content (AvgIpc) is 1.99. The van der Waals surface area contributed by atoms with Crippen molar-refractivity contribution in [2.75, 3.05) is 14.1 Å². The van der Waals surface area contributed by atoms with E-state index >= 15 is 0 Å². The fourth-order valence-electron chi connectivity index (χ4n) is 1.14. The van der Waals surface area contributed by atoms with E-state index in [2.05, 4.69) is 10.7 Å². The van der Waals surface area contributed by atoms with Crippen LogP contribution in [0.25, 0.3) is 0 Å². The van der Waals surface area contributed by atoms with Crippen molar-refractivity contribution in [3.63, 3.8) is 0 Å². The van der Waals surface area contributed by atoms with Crippen molar-refractivity contribution in [2.24, 2.45) is 0 Å². The predicted octanol–water partition coefficient (Wildman–Crippen LogP) is 0.685. The lowest BCUT2D eigenvalue weighted by Gasteiger charge is -2.30. The number of hydrazine groups is 1. The van der Waals surface area contributed by atoms with Crippen LogP contribution < -0.4 is 10.7 Å². The molecule has 0 atom stereocenters. The van der Waals surface area contributed by atoms with Crippen LogP contribution in [0, 0.1) is 0 Å². The molecule has 0 amide bonds. The molecular weight excluding hydrogens is 198 g/mol. The second-order valence-corrected chi connectivity index (χ2v) is 4.36. The third kappa shape index (κ3) is 5.14. The maximum atomic E-state index is 11.0. The first kappa shape index (κ1) is 13.3. The first-order chi connectivity index (χ1) is 6.28. The number of hydrogen-bond acceptors (Lipinski definition) is 3. The Hall–Kier alpha value is -0.680. The number of carbonyl (C=O) groups excluding carboxylic acids is 1. The predicted molar refractivity (Wildman–Crippen MR) is 61.9 cm³/mol. The van der Waals surface area contributed by atoms with Crippen LogP contribution in [0.1, 0.15) is 27.2 Å². The maximum Gasteiger partial charge on any atom is 0.183 e. The molecule has 0 rings (SSSR count). The van der Waals surface area contributed by atoms with Gasteiger partial charge >= 0.3 is 0 Å². The minimum Gasteiger partial charge on any atom is -0.356 e. The Morgan fingerprint density at radius 2 is 2.00 bits per heavy atom. The lowest BCUT2D eigenvalue weighted by molar-refractivity contribution is -0.118. The van der Waals surface area contributed by atoms with Gasteiger partial charge in [0.2, 0.25) is 0 Å². The zero-order valence-electron chi connectivity index (χ0n) is 9.47. The van der Waals surface area contributed by atoms with E-state index in [1.54, 1.807) is 19.0 Å². The van der Waals surface area contributed by atoms with Crippen molar-refractivity contribution >= 4 is 23.1 Å². The van der Waals surface area contributed by atoms with Crippen LogP contribution in [-0.4, -0.2) is 35.5 Å². The second-order valence-electron chi connectivity index (χ2n) is 3.98. The number of carbonyl (C=O) groups is 1. The minimum absolute atomic E-state index is 0.150. The van der Waals surface area contributed by atoms with Crippen molar-refractivity contribution in [1.82, 2.24) is 15.8 Å². The Balaban J connectivity index is 4.21. The van der Waals surface area contributed by atoms with Crippen molar-refractivity contribution in [3.8, 4) is 0 Å². The SMILES string of the molecule is CNN(C)C(=S)NC(C)(C)CC(C)=O. The highest BCUT2D eigenvalue weighted by atomic mass is 32.1. The van der Waals surface area contributed by atoms with Gasteiger partial charge in [-0.2, -0.15) is 0 Å². The van der Waals surface area contributed by atoms with E-state index in [-0.39, 0.29) is 11.3 Å². The van der Waals surface area contributed by atoms with Crippen LogP contribution in [0.4, 0.5) is 0 Å². The summed E-state index contributed by atoms with van der Waals surface area (Å²) in [6, 6.07) is 0. The first-order valence-electron chi connectivity index (χ1n) is 4.51. The average molecular weight is 217 g/mol. The van der Waals surface area contributed by atoms with Gasteiger partial charge in [-0.15, -0.1) is 0 Å². The number of thiocarbonyl (C=S) groups is 1. The Bertz CT molecular complexity index is 228. The van der Waals surface area contributed by atoms with E-state index in [1.165, 1.54) is 0 Å². The first-order valence-corrected chi connectivity index (χ1v) is 4.92. The summed E-state index contributed by atoms with van der Waals surface area (Å²) in [6.07, 6.45) is 0.463. The van der Waals surface area contributed by atoms with Crippen LogP contribution >= 0.6 is 12.2 Å². The summed E-state index contributed by atoms with van der Waals surface area (Å²) in [6.45, 7) is 5.47. The third-order valence-electron chi connectivity index (χ3n) is 1.78. The van der Waals surface area contributed by atoms with Crippen LogP contribution in [0.5, 0.6) is 0 Å². The van der Waals surface area contributed by atoms with E-state index in [0.717, 1.165) is 0 Å². The highest BCUT2D eigenvalue weighted by molar-refractivity contribution is 7.80. The number of rotatable bonds is 4. The highest BCUT2D eigenvalue weighted by Crippen LogP contribution is 2.08. The van der Waals surface area contributed by atoms with Crippen LogP contribution in [-0.2, 0) is 4.79 Å². The summed E-state index contributed by atoms with van der Waals surface area (Å²) in [4.78, 5) is 11.0. The minimum atomic E-state index is -0.298. The molecule has 0 aromatic rings. The molecule has 2 N–H and O–H groups in total. The molecule has 0 bridgehead atoms. The molecule has 0 aromatic heterocycles. The topological polar surface area (TPSA) is 44.4 Å². The molecule has 0 aliphatic carbocycles. The molecule has 5 heteroatoms. The molecule has 0 aliphatic heterocycles. The number of ketones is 1. The molecule has 14 heavy (non-hydrogen) atoms. The van der Waals surface area contributed by atoms with Gasteiger partial charge in [-0.3, -0.25) is 9.80 Å². The van der Waals surface area contributed by atoms with E-state index < -0.39 is 0 Å². The molecule has 0 aromatic carbocycles. The molecule has 0 spiro atoms. The highest BCUT2D eigenvalue weighted by Gasteiger charge is 2.21. The summed E-state index contributed by atoms with van der Waals surface area (Å²) in [7, 11) is 3.60. The number of Topliss-reactive ketones (excluding diaryl/α,β-unsaturated/α-hetero) is 1. The Labute approximate surface area is 91.0 Å². The van der Waals surface area contributed by atoms with Gasteiger partial charge in [-0.25, -0.2) is 5.43 Å². The van der Waals surface area contributed by atoms with E-state index in [0.29, 0.717) is 11.5 Å². The zero-order chi connectivity index (χ0) is 11.4. The van der Waals surface area contributed by atoms with Gasteiger partial charge in [0.05, 0.1) is 0 Å². The van der Waals surface area contributed by atoms with Gasteiger partial charge in [0.1, 0.15) is 5.78 Å². The van der Waals surface area contributed by atoms with Crippen molar-refractivity contribution < 1.29 is 4.79 Å². The molecule has 0 saturated carbocycles. The van der Waals surface area contributed by atoms with Gasteiger partial charge in [-0.1, -0.05) is 0 Å². The maximum absolute atomic E-state index is 11.0. The molecule has 4 nitrogen and oxygen atoms in total. The largest absolute Gasteiger partial charge is 0.356 e. The Kier molecular flexibility index (Phi) is 5.01. The van der Waals surface area contributed by atoms with Gasteiger partial charge in [0.15, 0.2) is 5.11 Å². The molecule has 0 saturated heterocycles. The van der Waals surface area contributed by atoms with Crippen molar-refractivity contribution in [1.29, 1.82) is 0 Å². The lowest BCUT2D eigenvalue weighted by Crippen LogP contribution is -2.52. The van der Waals surface area contributed by atoms with Crippen molar-refractivity contribution in [2.45, 2.75) is 32.7 Å². The van der Waals surface area contributed by atoms with E-state index in [9.17, 15) is 4.79 Å². The summed E-state index contributed by atoms with van der Waals surface area (Å²) in [5.74, 6) is 0.150. The molecule has 0 aliphatic rings. The van der Waals surface area contributed by atoms with Gasteiger partial charge < -0.3 is 5.32 Å². The molecule has 0 fully saturated rings. The molecule has 82 valence electrons. The fraction of sp³-hybridized carbons (Fsp3) is 0.778. The molecule has 0 radical (unpaired) electrons. The summed E-state index contributed by atoms with van der Waals surface area (Å²) < 4.78 is 0. The molecule has 0 heterocycles. The number of nitrogens with one attached hydrogen (secondary N) is 2. The standard InChI is InChI=1S/C9H19N3OS/c1-7(13)6-9(2,3)11-8(14)12(5)10-4/h10H,6H2,1-5H3,(H,11,14). The van der Waals surface area contributed by atoms with E-state index in [1.807, 2.05) is 20.9 Å². The van der Waals surface area contributed by atoms with Crippen LogP contribution in [0.3, 0.4) is 0 Å². The van der Waals surface area contributed by atoms with Crippen molar-refractivity contribution in [3.05, 3.63) is 0 Å². The molecule has 0 unspecified atom stereocenters. The Morgan fingerprint density at radius 1 is 1.50 bits per heavy atom. The normalized spacial score (nSPS) is 10.9. The van der Waals surface area contributed by atoms with Crippen LogP contribution in [0.15, 0.2) is 0 Å². The summed E-state index contributed by atoms with van der Waals surface area (Å²) >= 11 is 5.12. The summed E-state index contributed by atoms with van der Waals surface area (Å²) in [5.41, 5.74) is 2.59.